The lowest BCUT2D eigenvalue weighted by Gasteiger charge is -2.47. The topological polar surface area (TPSA) is 289 Å². The summed E-state index contributed by atoms with van der Waals surface area (Å²) < 4.78 is 169. The molecular weight excluding hydrogens is 1540 g/mol. The van der Waals surface area contributed by atoms with E-state index in [-0.39, 0.29) is 116 Å². The van der Waals surface area contributed by atoms with Crippen LogP contribution >= 0.6 is 0 Å². The van der Waals surface area contributed by atoms with Crippen LogP contribution in [0.3, 0.4) is 0 Å². The molecule has 4 saturated carbocycles. The molecule has 37 heteroatoms. The lowest BCUT2D eigenvalue weighted by molar-refractivity contribution is -0.219. The van der Waals surface area contributed by atoms with E-state index in [9.17, 15) is 53.9 Å². The minimum Gasteiger partial charge on any atom is -0.378 e. The van der Waals surface area contributed by atoms with E-state index in [1.165, 1.54) is 45.0 Å². The number of alkyl halides is 11. The van der Waals surface area contributed by atoms with Crippen molar-refractivity contribution in [3.63, 3.8) is 0 Å². The molecule has 4 aliphatic heterocycles. The van der Waals surface area contributed by atoms with Crippen molar-refractivity contribution in [2.45, 2.75) is 279 Å². The van der Waals surface area contributed by atoms with Crippen molar-refractivity contribution in [1.29, 1.82) is 0 Å². The van der Waals surface area contributed by atoms with E-state index in [2.05, 4.69) is 16.0 Å². The Morgan fingerprint density at radius 1 is 0.583 bits per heavy atom. The maximum atomic E-state index is 15.8. The van der Waals surface area contributed by atoms with E-state index < -0.39 is 262 Å². The molecule has 4 heterocycles. The second kappa shape index (κ2) is 40.0. The van der Waals surface area contributed by atoms with E-state index in [4.69, 9.17) is 9.47 Å². The molecule has 0 aromatic carbocycles. The molecule has 4 saturated heterocycles. The van der Waals surface area contributed by atoms with Gasteiger partial charge in [-0.2, -0.15) is 39.5 Å². The van der Waals surface area contributed by atoms with E-state index >= 15 is 51.9 Å². The Balaban J connectivity index is 1.23. The maximum Gasteiger partial charge on any atom is 0.397 e. The maximum absolute atomic E-state index is 15.8. The molecule has 115 heavy (non-hydrogen) atoms. The van der Waals surface area contributed by atoms with Crippen molar-refractivity contribution < 1.29 is 115 Å². The summed E-state index contributed by atoms with van der Waals surface area (Å²) in [5.74, 6) is -18.5. The second-order valence-corrected chi connectivity index (χ2v) is 33.9. The minimum atomic E-state index is -5.28. The first-order valence-electron chi connectivity index (χ1n) is 40.9. The van der Waals surface area contributed by atoms with Crippen LogP contribution in [0, 0.1) is 41.4 Å². The normalized spacial score (nSPS) is 31.6. The van der Waals surface area contributed by atoms with Crippen LogP contribution in [0.15, 0.2) is 0 Å². The number of rotatable bonds is 14. The van der Waals surface area contributed by atoms with Gasteiger partial charge in [-0.1, -0.05) is 59.8 Å². The molecule has 8 aliphatic rings. The van der Waals surface area contributed by atoms with Crippen LogP contribution in [-0.4, -0.2) is 307 Å². The Labute approximate surface area is 665 Å². The summed E-state index contributed by atoms with van der Waals surface area (Å²) in [5, 5.41) is 8.15. The van der Waals surface area contributed by atoms with E-state index in [0.717, 1.165) is 41.3 Å². The van der Waals surface area contributed by atoms with Crippen LogP contribution in [-0.2, 0) is 67.0 Å². The van der Waals surface area contributed by atoms with Gasteiger partial charge in [0.05, 0.1) is 57.8 Å². The second-order valence-electron chi connectivity index (χ2n) is 33.9. The number of morpholine rings is 1. The molecule has 1 spiro atoms. The molecule has 26 nitrogen and oxygen atoms in total. The summed E-state index contributed by atoms with van der Waals surface area (Å²) in [6.45, 7) is 4.01. The molecule has 8 fully saturated rings. The Hall–Kier alpha value is -7.21. The van der Waals surface area contributed by atoms with Gasteiger partial charge < -0.3 is 69.5 Å². The predicted molar refractivity (Wildman–Crippen MR) is 395 cm³/mol. The fourth-order valence-electron chi connectivity index (χ4n) is 18.2. The zero-order valence-corrected chi connectivity index (χ0v) is 67.8. The molecule has 4 aliphatic carbocycles. The first kappa shape index (κ1) is 93.3. The molecule has 8 rings (SSSR count). The third-order valence-corrected chi connectivity index (χ3v) is 25.5. The highest BCUT2D eigenvalue weighted by Gasteiger charge is 2.57. The zero-order chi connectivity index (χ0) is 85.1. The van der Waals surface area contributed by atoms with Gasteiger partial charge in [-0.3, -0.25) is 57.5 Å². The van der Waals surface area contributed by atoms with E-state index in [0.29, 0.717) is 44.9 Å². The number of likely N-dealkylation sites (N-methyl/N-ethyl adjacent to an activating group) is 6. The summed E-state index contributed by atoms with van der Waals surface area (Å²) in [6, 6.07) is -12.4. The van der Waals surface area contributed by atoms with Crippen LogP contribution in [0.1, 0.15) is 188 Å². The average molecular weight is 1660 g/mol. The zero-order valence-electron chi connectivity index (χ0n) is 67.8. The quantitative estimate of drug-likeness (QED) is 0.144. The van der Waals surface area contributed by atoms with Gasteiger partial charge in [0.2, 0.25) is 70.9 Å². The Morgan fingerprint density at radius 3 is 1.77 bits per heavy atom. The number of carbonyl (C=O) groups excluding carboxylic acids is 12. The van der Waals surface area contributed by atoms with Gasteiger partial charge in [0.25, 0.3) is 0 Å². The van der Waals surface area contributed by atoms with Gasteiger partial charge in [0.1, 0.15) is 72.1 Å². The number of nitrogens with one attached hydrogen (secondary N) is 3. The Bertz CT molecular complexity index is 3400. The first-order chi connectivity index (χ1) is 53.9. The van der Waals surface area contributed by atoms with E-state index in [1.807, 2.05) is 0 Å². The highest BCUT2D eigenvalue weighted by atomic mass is 19.4. The number of fused-ring (bicyclic) bond motifs is 3. The van der Waals surface area contributed by atoms with Crippen molar-refractivity contribution in [3.05, 3.63) is 0 Å². The highest BCUT2D eigenvalue weighted by molar-refractivity contribution is 6.01. The van der Waals surface area contributed by atoms with Gasteiger partial charge in [-0.05, 0) is 145 Å². The van der Waals surface area contributed by atoms with Crippen LogP contribution in [0.2, 0.25) is 0 Å². The summed E-state index contributed by atoms with van der Waals surface area (Å²) in [4.78, 5) is 193. The van der Waals surface area contributed by atoms with Crippen molar-refractivity contribution >= 4 is 70.9 Å². The smallest absolute Gasteiger partial charge is 0.378 e. The molecule has 0 radical (unpaired) electrons. The fourth-order valence-corrected chi connectivity index (χ4v) is 18.2. The molecule has 2 unspecified atom stereocenters. The van der Waals surface area contributed by atoms with Crippen molar-refractivity contribution in [1.82, 2.24) is 60.0 Å². The third-order valence-electron chi connectivity index (χ3n) is 25.5. The molecule has 12 amide bonds. The van der Waals surface area contributed by atoms with Gasteiger partial charge >= 0.3 is 18.5 Å². The largest absolute Gasteiger partial charge is 0.397 e. The first-order valence-corrected chi connectivity index (χ1v) is 40.9. The number of carbonyl (C=O) groups is 12. The van der Waals surface area contributed by atoms with Crippen molar-refractivity contribution in [2.24, 2.45) is 41.4 Å². The SMILES string of the molecule is CC[C@H](C)[C@@H]1NC(=O)[C@H](CC(C)C)N(C)C(=O)C[C@@H](C(=O)N2CCOCC2)N(C)C(=O)[C@H](C2CCCC2)N(C)C(=O)C2(CCC2)NC(=O)[C@@H]2[C@@H](OCCC(F)(F)F)CCN2C(=O)[C@H](CCC2CC(F)C(C(F)(F)F)C(F)C2)NC(=O)CN(C)C(=O)[C@H](CC2CCC(C(F)(F)F)CC2)N2CCCCC[C@@H](C2=O)N(C)C(=O)CN(C)C1=O. The summed E-state index contributed by atoms with van der Waals surface area (Å²) in [5.41, 5.74) is -1.91. The van der Waals surface area contributed by atoms with Crippen LogP contribution in [0.5, 0.6) is 0 Å². The van der Waals surface area contributed by atoms with E-state index in [1.54, 1.807) is 27.7 Å². The van der Waals surface area contributed by atoms with Crippen molar-refractivity contribution in [2.75, 3.05) is 101 Å². The number of halogens is 11. The standard InChI is InChI=1S/C78H119F11N12O14/c1-11-46(4)63-72(111)94(6)44-61(104)95(7)54-20-13-12-16-31-100(71(54)110)57(41-47-21-24-50(25-22-47)77(84,85)86)69(108)93(5)43-59(102)90-53(26-23-48-39-51(79)62(52(80)40-48)78(87,88)89)68(107)101-32-27-58(115-35-30-76(81,82)83)65(101)67(106)92-75(28-17-29-75)74(113)98(10)64(49-18-14-15-19-49)73(112)97(9)56(70(109)99-33-36-114-37-34-99)42-60(103)96(8)55(38-45(2)3)66(105)91-63/h45-58,62-65H,11-44H2,1-10H3,(H,90,102)(H,91,105)(H,92,106)/t46-,47?,48?,50?,51?,52?,53-,54-,55-,56-,57-,58-,62?,63-,64-,65-/m0/s1. The lowest BCUT2D eigenvalue weighted by Crippen LogP contribution is -2.69. The molecule has 0 aromatic heterocycles. The average Bonchev–Trinajstić information content (AvgIpc) is 1.74. The number of hydrogen-bond acceptors (Lipinski definition) is 14. The molecule has 12 atom stereocenters. The predicted octanol–water partition coefficient (Wildman–Crippen LogP) is 7.28. The van der Waals surface area contributed by atoms with Crippen molar-refractivity contribution in [3.8, 4) is 0 Å². The summed E-state index contributed by atoms with van der Waals surface area (Å²) >= 11 is 0. The summed E-state index contributed by atoms with van der Waals surface area (Å²) in [7, 11) is 7.77. The minimum absolute atomic E-state index is 0.0112. The number of amides is 12. The molecule has 652 valence electrons. The van der Waals surface area contributed by atoms with Crippen LogP contribution in [0.4, 0.5) is 48.3 Å². The fraction of sp³-hybridized carbons (Fsp3) is 0.846. The van der Waals surface area contributed by atoms with Crippen LogP contribution in [0.25, 0.3) is 0 Å². The monoisotopic (exact) mass is 1660 g/mol. The molecule has 0 aromatic rings. The highest BCUT2D eigenvalue weighted by Crippen LogP contribution is 2.46. The van der Waals surface area contributed by atoms with Gasteiger partial charge in [0, 0.05) is 68.5 Å². The Kier molecular flexibility index (Phi) is 32.5. The molecule has 2 bridgehead atoms. The lowest BCUT2D eigenvalue weighted by atomic mass is 9.74. The Morgan fingerprint density at radius 2 is 1.20 bits per heavy atom. The summed E-state index contributed by atoms with van der Waals surface area (Å²) in [6.07, 6.45) is -24.6. The number of nitrogens with zero attached hydrogens (tertiary/aromatic N) is 9. The molecular formula is C78H119F11N12O14. The van der Waals surface area contributed by atoms with Gasteiger partial charge in [-0.25, -0.2) is 8.78 Å². The number of hydrogen-bond donors (Lipinski definition) is 3. The van der Waals surface area contributed by atoms with Crippen LogP contribution < -0.4 is 16.0 Å². The third kappa shape index (κ3) is 23.4. The number of ether oxygens (including phenoxy) is 2. The molecule has 3 N–H and O–H groups in total. The van der Waals surface area contributed by atoms with Gasteiger partial charge in [-0.15, -0.1) is 0 Å². The van der Waals surface area contributed by atoms with Gasteiger partial charge in [0.15, 0.2) is 0 Å².